The molecule has 0 aliphatic carbocycles. The Hall–Kier alpha value is -3.19. The molecule has 1 fully saturated rings. The van der Waals surface area contributed by atoms with Crippen molar-refractivity contribution in [3.05, 3.63) is 76.7 Å². The van der Waals surface area contributed by atoms with Crippen LogP contribution in [0.4, 0.5) is 5.82 Å². The largest absolute Gasteiger partial charge is 0.378 e. The SMILES string of the molecule is Cc1cc(C)n(Cc2cccc(C(=O)NCc3ccnc(N4CCOCC4)c3)c2)n1. The highest BCUT2D eigenvalue weighted by molar-refractivity contribution is 5.94. The minimum Gasteiger partial charge on any atom is -0.378 e. The molecular formula is C23H27N5O2. The lowest BCUT2D eigenvalue weighted by molar-refractivity contribution is 0.0950. The number of ether oxygens (including phenoxy) is 1. The van der Waals surface area contributed by atoms with E-state index in [0.29, 0.717) is 18.7 Å². The number of amides is 1. The summed E-state index contributed by atoms with van der Waals surface area (Å²) in [5.74, 6) is 0.840. The Morgan fingerprint density at radius 3 is 2.70 bits per heavy atom. The van der Waals surface area contributed by atoms with Gasteiger partial charge >= 0.3 is 0 Å². The average molecular weight is 406 g/mol. The van der Waals surface area contributed by atoms with Crippen LogP contribution in [0.2, 0.25) is 0 Å². The van der Waals surface area contributed by atoms with Crippen LogP contribution in [0.5, 0.6) is 0 Å². The molecule has 3 heterocycles. The van der Waals surface area contributed by atoms with Crippen LogP contribution < -0.4 is 10.2 Å². The second-order valence-electron chi connectivity index (χ2n) is 7.59. The number of aromatic nitrogens is 3. The van der Waals surface area contributed by atoms with E-state index in [0.717, 1.165) is 54.6 Å². The van der Waals surface area contributed by atoms with E-state index in [9.17, 15) is 4.79 Å². The predicted molar refractivity (Wildman–Crippen MR) is 116 cm³/mol. The van der Waals surface area contributed by atoms with Crippen molar-refractivity contribution in [2.24, 2.45) is 0 Å². The lowest BCUT2D eigenvalue weighted by Crippen LogP contribution is -2.36. The molecule has 7 heteroatoms. The topological polar surface area (TPSA) is 72.3 Å². The summed E-state index contributed by atoms with van der Waals surface area (Å²) in [6, 6.07) is 13.7. The normalized spacial score (nSPS) is 14.0. The van der Waals surface area contributed by atoms with Crippen LogP contribution in [-0.4, -0.2) is 47.0 Å². The van der Waals surface area contributed by atoms with E-state index in [2.05, 4.69) is 26.4 Å². The lowest BCUT2D eigenvalue weighted by Gasteiger charge is -2.28. The van der Waals surface area contributed by atoms with Gasteiger partial charge in [-0.25, -0.2) is 4.98 Å². The number of morpholine rings is 1. The van der Waals surface area contributed by atoms with Crippen LogP contribution in [0.3, 0.4) is 0 Å². The van der Waals surface area contributed by atoms with E-state index in [-0.39, 0.29) is 5.91 Å². The van der Waals surface area contributed by atoms with Gasteiger partial charge in [0.2, 0.25) is 0 Å². The summed E-state index contributed by atoms with van der Waals surface area (Å²) >= 11 is 0. The molecule has 0 unspecified atom stereocenters. The molecular weight excluding hydrogens is 378 g/mol. The molecule has 2 aromatic heterocycles. The van der Waals surface area contributed by atoms with Crippen molar-refractivity contribution in [3.8, 4) is 0 Å². The fourth-order valence-corrected chi connectivity index (χ4v) is 3.64. The molecule has 1 N–H and O–H groups in total. The summed E-state index contributed by atoms with van der Waals surface area (Å²) in [4.78, 5) is 19.4. The zero-order valence-electron chi connectivity index (χ0n) is 17.5. The maximum atomic E-state index is 12.7. The molecule has 0 bridgehead atoms. The minimum atomic E-state index is -0.0880. The Bertz CT molecular complexity index is 1020. The Morgan fingerprint density at radius 2 is 1.93 bits per heavy atom. The maximum Gasteiger partial charge on any atom is 0.251 e. The molecule has 1 aliphatic rings. The van der Waals surface area contributed by atoms with Gasteiger partial charge in [-0.1, -0.05) is 12.1 Å². The van der Waals surface area contributed by atoms with E-state index in [1.54, 1.807) is 6.20 Å². The first-order valence-electron chi connectivity index (χ1n) is 10.2. The number of hydrogen-bond donors (Lipinski definition) is 1. The summed E-state index contributed by atoms with van der Waals surface area (Å²) in [7, 11) is 0. The third-order valence-electron chi connectivity index (χ3n) is 5.22. The molecule has 30 heavy (non-hydrogen) atoms. The highest BCUT2D eigenvalue weighted by Gasteiger charge is 2.13. The van der Waals surface area contributed by atoms with Crippen LogP contribution in [-0.2, 0) is 17.8 Å². The number of carbonyl (C=O) groups excluding carboxylic acids is 1. The van der Waals surface area contributed by atoms with Gasteiger partial charge in [-0.2, -0.15) is 5.10 Å². The van der Waals surface area contributed by atoms with E-state index >= 15 is 0 Å². The number of aryl methyl sites for hydroxylation is 2. The number of nitrogens with zero attached hydrogens (tertiary/aromatic N) is 4. The number of nitrogens with one attached hydrogen (secondary N) is 1. The highest BCUT2D eigenvalue weighted by atomic mass is 16.5. The van der Waals surface area contributed by atoms with E-state index in [1.165, 1.54) is 0 Å². The van der Waals surface area contributed by atoms with Gasteiger partial charge in [0, 0.05) is 37.1 Å². The summed E-state index contributed by atoms with van der Waals surface area (Å²) in [6.07, 6.45) is 1.79. The minimum absolute atomic E-state index is 0.0880. The number of rotatable bonds is 6. The molecule has 1 aliphatic heterocycles. The highest BCUT2D eigenvalue weighted by Crippen LogP contribution is 2.15. The van der Waals surface area contributed by atoms with Crippen LogP contribution in [0, 0.1) is 13.8 Å². The third kappa shape index (κ3) is 4.86. The van der Waals surface area contributed by atoms with E-state index in [1.807, 2.05) is 54.9 Å². The van der Waals surface area contributed by atoms with Crippen molar-refractivity contribution < 1.29 is 9.53 Å². The van der Waals surface area contributed by atoms with Gasteiger partial charge in [-0.15, -0.1) is 0 Å². The van der Waals surface area contributed by atoms with Crippen molar-refractivity contribution in [2.45, 2.75) is 26.9 Å². The monoisotopic (exact) mass is 405 g/mol. The Morgan fingerprint density at radius 1 is 1.10 bits per heavy atom. The number of carbonyl (C=O) groups is 1. The van der Waals surface area contributed by atoms with Crippen molar-refractivity contribution in [3.63, 3.8) is 0 Å². The second-order valence-corrected chi connectivity index (χ2v) is 7.59. The Kier molecular flexibility index (Phi) is 6.09. The summed E-state index contributed by atoms with van der Waals surface area (Å²) < 4.78 is 7.36. The van der Waals surface area contributed by atoms with E-state index < -0.39 is 0 Å². The molecule has 4 rings (SSSR count). The first-order chi connectivity index (χ1) is 14.6. The zero-order chi connectivity index (χ0) is 20.9. The first kappa shape index (κ1) is 20.1. The summed E-state index contributed by atoms with van der Waals surface area (Å²) in [6.45, 7) is 8.24. The van der Waals surface area contributed by atoms with Crippen LogP contribution in [0.15, 0.2) is 48.7 Å². The Labute approximate surface area is 176 Å². The van der Waals surface area contributed by atoms with Gasteiger partial charge in [0.1, 0.15) is 5.82 Å². The fourth-order valence-electron chi connectivity index (χ4n) is 3.64. The number of pyridine rings is 1. The molecule has 1 saturated heterocycles. The van der Waals surface area contributed by atoms with Gasteiger partial charge < -0.3 is 15.0 Å². The standard InChI is InChI=1S/C23H27N5O2/c1-17-12-18(2)28(26-17)16-20-4-3-5-21(13-20)23(29)25-15-19-6-7-24-22(14-19)27-8-10-30-11-9-27/h3-7,12-14H,8-11,15-16H2,1-2H3,(H,25,29). The molecule has 156 valence electrons. The molecule has 0 atom stereocenters. The van der Waals surface area contributed by atoms with Gasteiger partial charge in [-0.05, 0) is 55.3 Å². The Balaban J connectivity index is 1.39. The van der Waals surface area contributed by atoms with Crippen LogP contribution in [0.25, 0.3) is 0 Å². The summed E-state index contributed by atoms with van der Waals surface area (Å²) in [5.41, 5.74) is 4.83. The summed E-state index contributed by atoms with van der Waals surface area (Å²) in [5, 5.41) is 7.52. The van der Waals surface area contributed by atoms with Crippen molar-refractivity contribution in [1.82, 2.24) is 20.1 Å². The fraction of sp³-hybridized carbons (Fsp3) is 0.348. The number of anilines is 1. The molecule has 1 aromatic carbocycles. The van der Waals surface area contributed by atoms with E-state index in [4.69, 9.17) is 4.74 Å². The second kappa shape index (κ2) is 9.09. The number of hydrogen-bond acceptors (Lipinski definition) is 5. The van der Waals surface area contributed by atoms with Gasteiger partial charge in [-0.3, -0.25) is 9.48 Å². The third-order valence-corrected chi connectivity index (χ3v) is 5.22. The zero-order valence-corrected chi connectivity index (χ0v) is 17.5. The molecule has 1 amide bonds. The van der Waals surface area contributed by atoms with Crippen molar-refractivity contribution in [1.29, 1.82) is 0 Å². The quantitative estimate of drug-likeness (QED) is 0.683. The van der Waals surface area contributed by atoms with Gasteiger partial charge in [0.25, 0.3) is 5.91 Å². The molecule has 0 spiro atoms. The average Bonchev–Trinajstić information content (AvgIpc) is 3.09. The molecule has 0 saturated carbocycles. The number of benzene rings is 1. The van der Waals surface area contributed by atoms with Gasteiger partial charge in [0.15, 0.2) is 0 Å². The molecule has 3 aromatic rings. The predicted octanol–water partition coefficient (Wildman–Crippen LogP) is 2.71. The molecule has 7 nitrogen and oxygen atoms in total. The molecule has 0 radical (unpaired) electrons. The van der Waals surface area contributed by atoms with Crippen molar-refractivity contribution >= 4 is 11.7 Å². The maximum absolute atomic E-state index is 12.7. The van der Waals surface area contributed by atoms with Crippen molar-refractivity contribution in [2.75, 3.05) is 31.2 Å². The first-order valence-corrected chi connectivity index (χ1v) is 10.2. The smallest absolute Gasteiger partial charge is 0.251 e. The van der Waals surface area contributed by atoms with Crippen LogP contribution >= 0.6 is 0 Å². The van der Waals surface area contributed by atoms with Gasteiger partial charge in [0.05, 0.1) is 25.5 Å². The van der Waals surface area contributed by atoms with Crippen LogP contribution in [0.1, 0.15) is 32.9 Å². The lowest BCUT2D eigenvalue weighted by atomic mass is 10.1.